The molecule has 1 fully saturated rings. The SMILES string of the molecule is COC(=O)Nc1ccc(S(=O)(=O)N2CC(n3ccnn3)C2)cc1. The van der Waals surface area contributed by atoms with E-state index in [9.17, 15) is 13.2 Å². The van der Waals surface area contributed by atoms with Crippen molar-refractivity contribution in [3.8, 4) is 0 Å². The van der Waals surface area contributed by atoms with Crippen molar-refractivity contribution in [1.82, 2.24) is 19.3 Å². The van der Waals surface area contributed by atoms with Crippen LogP contribution in [0.3, 0.4) is 0 Å². The first-order valence-electron chi connectivity index (χ1n) is 6.81. The van der Waals surface area contributed by atoms with Crippen molar-refractivity contribution in [3.05, 3.63) is 36.7 Å². The molecule has 0 spiro atoms. The highest BCUT2D eigenvalue weighted by atomic mass is 32.2. The number of anilines is 1. The van der Waals surface area contributed by atoms with Gasteiger partial charge >= 0.3 is 6.09 Å². The van der Waals surface area contributed by atoms with Gasteiger partial charge < -0.3 is 4.74 Å². The molecule has 1 amide bonds. The zero-order valence-electron chi connectivity index (χ0n) is 12.3. The fourth-order valence-corrected chi connectivity index (χ4v) is 3.74. The summed E-state index contributed by atoms with van der Waals surface area (Å²) in [6.45, 7) is 0.710. The predicted octanol–water partition coefficient (Wildman–Crippen LogP) is 0.702. The molecule has 122 valence electrons. The quantitative estimate of drug-likeness (QED) is 0.880. The first kappa shape index (κ1) is 15.4. The minimum Gasteiger partial charge on any atom is -0.453 e. The average molecular weight is 337 g/mol. The number of carbonyl (C=O) groups is 1. The predicted molar refractivity (Wildman–Crippen MR) is 80.3 cm³/mol. The maximum Gasteiger partial charge on any atom is 0.411 e. The van der Waals surface area contributed by atoms with Gasteiger partial charge in [-0.05, 0) is 24.3 Å². The van der Waals surface area contributed by atoms with Gasteiger partial charge in [0.25, 0.3) is 0 Å². The van der Waals surface area contributed by atoms with E-state index in [1.807, 2.05) is 0 Å². The molecule has 0 unspecified atom stereocenters. The van der Waals surface area contributed by atoms with Crippen molar-refractivity contribution in [1.29, 1.82) is 0 Å². The van der Waals surface area contributed by atoms with Gasteiger partial charge in [0.2, 0.25) is 10.0 Å². The number of hydrogen-bond donors (Lipinski definition) is 1. The Labute approximate surface area is 132 Å². The van der Waals surface area contributed by atoms with Crippen LogP contribution in [0.2, 0.25) is 0 Å². The van der Waals surface area contributed by atoms with Gasteiger partial charge in [-0.3, -0.25) is 5.32 Å². The molecular formula is C13H15N5O4S. The smallest absolute Gasteiger partial charge is 0.411 e. The lowest BCUT2D eigenvalue weighted by Crippen LogP contribution is -2.50. The second kappa shape index (κ2) is 5.97. The van der Waals surface area contributed by atoms with Gasteiger partial charge in [0, 0.05) is 25.0 Å². The molecule has 0 atom stereocenters. The molecule has 2 heterocycles. The van der Waals surface area contributed by atoms with E-state index in [2.05, 4.69) is 20.4 Å². The highest BCUT2D eigenvalue weighted by Gasteiger charge is 2.38. The summed E-state index contributed by atoms with van der Waals surface area (Å²) in [7, 11) is -2.30. The summed E-state index contributed by atoms with van der Waals surface area (Å²) in [5, 5.41) is 10.0. The van der Waals surface area contributed by atoms with Crippen molar-refractivity contribution >= 4 is 21.8 Å². The Morgan fingerprint density at radius 3 is 2.57 bits per heavy atom. The normalized spacial score (nSPS) is 15.9. The van der Waals surface area contributed by atoms with Crippen LogP contribution < -0.4 is 5.32 Å². The summed E-state index contributed by atoms with van der Waals surface area (Å²) in [6.07, 6.45) is 2.66. The summed E-state index contributed by atoms with van der Waals surface area (Å²) in [5.41, 5.74) is 0.458. The zero-order chi connectivity index (χ0) is 16.4. The molecule has 0 saturated carbocycles. The van der Waals surface area contributed by atoms with E-state index in [1.165, 1.54) is 35.7 Å². The van der Waals surface area contributed by atoms with Crippen LogP contribution in [0.15, 0.2) is 41.6 Å². The Morgan fingerprint density at radius 1 is 1.30 bits per heavy atom. The summed E-state index contributed by atoms with van der Waals surface area (Å²) in [5.74, 6) is 0. The lowest BCUT2D eigenvalue weighted by Gasteiger charge is -2.37. The van der Waals surface area contributed by atoms with Gasteiger partial charge in [-0.25, -0.2) is 17.9 Å². The van der Waals surface area contributed by atoms with Gasteiger partial charge in [-0.1, -0.05) is 5.21 Å². The van der Waals surface area contributed by atoms with Gasteiger partial charge in [0.1, 0.15) is 0 Å². The van der Waals surface area contributed by atoms with Crippen molar-refractivity contribution in [2.24, 2.45) is 0 Å². The van der Waals surface area contributed by atoms with E-state index in [-0.39, 0.29) is 10.9 Å². The van der Waals surface area contributed by atoms with E-state index >= 15 is 0 Å². The Morgan fingerprint density at radius 2 is 2.00 bits per heavy atom. The molecule has 1 saturated heterocycles. The second-order valence-corrected chi connectivity index (χ2v) is 6.94. The third-order valence-electron chi connectivity index (χ3n) is 3.57. The number of methoxy groups -OCH3 is 1. The largest absolute Gasteiger partial charge is 0.453 e. The van der Waals surface area contributed by atoms with Crippen LogP contribution in [0.25, 0.3) is 0 Å². The lowest BCUT2D eigenvalue weighted by molar-refractivity contribution is 0.187. The summed E-state index contributed by atoms with van der Waals surface area (Å²) in [4.78, 5) is 11.3. The van der Waals surface area contributed by atoms with E-state index < -0.39 is 16.1 Å². The molecule has 1 aromatic heterocycles. The second-order valence-electron chi connectivity index (χ2n) is 5.00. The molecule has 9 nitrogen and oxygen atoms in total. The number of aromatic nitrogens is 3. The van der Waals surface area contributed by atoms with Crippen molar-refractivity contribution < 1.29 is 17.9 Å². The molecule has 3 rings (SSSR count). The van der Waals surface area contributed by atoms with Crippen LogP contribution >= 0.6 is 0 Å². The van der Waals surface area contributed by atoms with Crippen LogP contribution in [0.5, 0.6) is 0 Å². The molecule has 1 N–H and O–H groups in total. The van der Waals surface area contributed by atoms with Crippen molar-refractivity contribution in [3.63, 3.8) is 0 Å². The monoisotopic (exact) mass is 337 g/mol. The number of sulfonamides is 1. The van der Waals surface area contributed by atoms with Crippen LogP contribution in [0.4, 0.5) is 10.5 Å². The highest BCUT2D eigenvalue weighted by Crippen LogP contribution is 2.28. The number of nitrogens with one attached hydrogen (secondary N) is 1. The number of amides is 1. The van der Waals surface area contributed by atoms with Crippen LogP contribution in [0, 0.1) is 0 Å². The molecule has 1 aromatic carbocycles. The third-order valence-corrected chi connectivity index (χ3v) is 5.41. The standard InChI is InChI=1S/C13H15N5O4S/c1-22-13(19)15-10-2-4-12(5-3-10)23(20,21)17-8-11(9-17)18-7-6-14-16-18/h2-7,11H,8-9H2,1H3,(H,15,19). The molecular weight excluding hydrogens is 322 g/mol. The van der Waals surface area contributed by atoms with Crippen LogP contribution in [-0.2, 0) is 14.8 Å². The summed E-state index contributed by atoms with van der Waals surface area (Å²) >= 11 is 0. The Kier molecular flexibility index (Phi) is 4.01. The molecule has 1 aliphatic heterocycles. The zero-order valence-corrected chi connectivity index (χ0v) is 13.1. The van der Waals surface area contributed by atoms with Gasteiger partial charge in [-0.15, -0.1) is 5.10 Å². The molecule has 0 radical (unpaired) electrons. The molecule has 10 heteroatoms. The number of carbonyl (C=O) groups excluding carboxylic acids is 1. The third kappa shape index (κ3) is 3.03. The topological polar surface area (TPSA) is 106 Å². The first-order valence-corrected chi connectivity index (χ1v) is 8.25. The summed E-state index contributed by atoms with van der Waals surface area (Å²) in [6, 6.07) is 5.93. The van der Waals surface area contributed by atoms with E-state index in [1.54, 1.807) is 17.1 Å². The van der Waals surface area contributed by atoms with Gasteiger partial charge in [0.15, 0.2) is 0 Å². The Bertz CT molecular complexity index is 782. The van der Waals surface area contributed by atoms with Crippen LogP contribution in [-0.4, -0.2) is 54.0 Å². The van der Waals surface area contributed by atoms with Crippen LogP contribution in [0.1, 0.15) is 6.04 Å². The number of rotatable bonds is 4. The molecule has 23 heavy (non-hydrogen) atoms. The minimum atomic E-state index is -3.55. The van der Waals surface area contributed by atoms with Gasteiger partial charge in [0.05, 0.1) is 24.2 Å². The van der Waals surface area contributed by atoms with E-state index in [0.717, 1.165) is 0 Å². The fourth-order valence-electron chi connectivity index (χ4n) is 2.22. The average Bonchev–Trinajstić information content (AvgIpc) is 3.00. The first-order chi connectivity index (χ1) is 11.0. The summed E-state index contributed by atoms with van der Waals surface area (Å²) < 4.78 is 32.5. The van der Waals surface area contributed by atoms with Crippen molar-refractivity contribution in [2.75, 3.05) is 25.5 Å². The highest BCUT2D eigenvalue weighted by molar-refractivity contribution is 7.89. The number of ether oxygens (including phenoxy) is 1. The Balaban J connectivity index is 1.67. The maximum atomic E-state index is 12.5. The number of hydrogen-bond acceptors (Lipinski definition) is 6. The molecule has 2 aromatic rings. The maximum absolute atomic E-state index is 12.5. The molecule has 0 aliphatic carbocycles. The van der Waals surface area contributed by atoms with E-state index in [0.29, 0.717) is 18.8 Å². The molecule has 1 aliphatic rings. The van der Waals surface area contributed by atoms with Crippen molar-refractivity contribution in [2.45, 2.75) is 10.9 Å². The number of benzene rings is 1. The lowest BCUT2D eigenvalue weighted by atomic mass is 10.2. The molecule has 0 bridgehead atoms. The van der Waals surface area contributed by atoms with E-state index in [4.69, 9.17) is 0 Å². The fraction of sp³-hybridized carbons (Fsp3) is 0.308. The number of nitrogens with zero attached hydrogens (tertiary/aromatic N) is 4. The minimum absolute atomic E-state index is 0.00698. The van der Waals surface area contributed by atoms with Gasteiger partial charge in [-0.2, -0.15) is 4.31 Å². The Hall–Kier alpha value is -2.46.